The van der Waals surface area contributed by atoms with Crippen molar-refractivity contribution in [1.29, 1.82) is 0 Å². The molecule has 4 rings (SSSR count). The van der Waals surface area contributed by atoms with Crippen molar-refractivity contribution >= 4 is 0 Å². The molecule has 0 fully saturated rings. The smallest absolute Gasteiger partial charge is 0.0587 e. The lowest BCUT2D eigenvalue weighted by Gasteiger charge is -2.24. The highest BCUT2D eigenvalue weighted by molar-refractivity contribution is 5.50. The molecule has 2 heterocycles. The van der Waals surface area contributed by atoms with Gasteiger partial charge in [0.25, 0.3) is 0 Å². The van der Waals surface area contributed by atoms with Crippen LogP contribution >= 0.6 is 0 Å². The number of benzene rings is 2. The molecule has 2 aromatic rings. The second kappa shape index (κ2) is 2.96. The van der Waals surface area contributed by atoms with E-state index in [0.717, 1.165) is 6.42 Å². The van der Waals surface area contributed by atoms with Gasteiger partial charge in [-0.25, -0.2) is 0 Å². The molecule has 2 aromatic carbocycles. The Bertz CT molecular complexity index is 548. The van der Waals surface area contributed by atoms with Crippen LogP contribution in [0, 0.1) is 0 Å². The van der Waals surface area contributed by atoms with E-state index in [9.17, 15) is 0 Å². The first-order valence-corrected chi connectivity index (χ1v) is 5.86. The van der Waals surface area contributed by atoms with Crippen molar-refractivity contribution in [2.24, 2.45) is 0 Å². The van der Waals surface area contributed by atoms with E-state index in [1.54, 1.807) is 0 Å². The van der Waals surface area contributed by atoms with Gasteiger partial charge >= 0.3 is 0 Å². The Balaban J connectivity index is 1.98. The summed E-state index contributed by atoms with van der Waals surface area (Å²) < 4.78 is 0. The second-order valence-corrected chi connectivity index (χ2v) is 4.68. The first-order chi connectivity index (χ1) is 7.93. The first kappa shape index (κ1) is 8.54. The largest absolute Gasteiger partial charge is 0.299 e. The van der Waals surface area contributed by atoms with Crippen LogP contribution in [-0.4, -0.2) is 0 Å². The van der Waals surface area contributed by atoms with Gasteiger partial charge in [0, 0.05) is 6.04 Å². The molecule has 2 aliphatic rings. The van der Waals surface area contributed by atoms with Crippen molar-refractivity contribution in [3.63, 3.8) is 0 Å². The summed E-state index contributed by atoms with van der Waals surface area (Å²) in [5.41, 5.74) is 5.93. The maximum absolute atomic E-state index is 3.71. The van der Waals surface area contributed by atoms with Crippen molar-refractivity contribution in [1.82, 2.24) is 5.32 Å². The van der Waals surface area contributed by atoms with E-state index in [4.69, 9.17) is 0 Å². The molecule has 2 bridgehead atoms. The van der Waals surface area contributed by atoms with Gasteiger partial charge in [-0.3, -0.25) is 5.32 Å². The predicted molar refractivity (Wildman–Crippen MR) is 64.3 cm³/mol. The van der Waals surface area contributed by atoms with Gasteiger partial charge < -0.3 is 0 Å². The van der Waals surface area contributed by atoms with E-state index >= 15 is 0 Å². The van der Waals surface area contributed by atoms with Gasteiger partial charge in [0.2, 0.25) is 0 Å². The third-order valence-electron chi connectivity index (χ3n) is 3.84. The van der Waals surface area contributed by atoms with Crippen molar-refractivity contribution in [3.05, 3.63) is 70.8 Å². The standard InChI is InChI=1S/C15H13N/c1-2-6-11-10(5-1)9-14-12-7-3-4-8-13(12)15(11)16-14/h1-8,14-16H,9H2/t14-,15+/m1/s1. The molecule has 0 amide bonds. The van der Waals surface area contributed by atoms with Crippen LogP contribution in [0.3, 0.4) is 0 Å². The van der Waals surface area contributed by atoms with Gasteiger partial charge in [-0.2, -0.15) is 0 Å². The fraction of sp³-hybridized carbons (Fsp3) is 0.200. The molecule has 0 radical (unpaired) electrons. The van der Waals surface area contributed by atoms with Gasteiger partial charge in [-0.15, -0.1) is 0 Å². The van der Waals surface area contributed by atoms with Crippen LogP contribution in [0.1, 0.15) is 34.3 Å². The molecule has 0 spiro atoms. The van der Waals surface area contributed by atoms with E-state index in [-0.39, 0.29) is 0 Å². The average molecular weight is 207 g/mol. The summed E-state index contributed by atoms with van der Waals surface area (Å²) >= 11 is 0. The molecule has 0 unspecified atom stereocenters. The highest BCUT2D eigenvalue weighted by Crippen LogP contribution is 2.43. The van der Waals surface area contributed by atoms with Crippen LogP contribution < -0.4 is 5.32 Å². The minimum Gasteiger partial charge on any atom is -0.299 e. The molecule has 2 aliphatic heterocycles. The summed E-state index contributed by atoms with van der Waals surface area (Å²) in [7, 11) is 0. The van der Waals surface area contributed by atoms with Crippen molar-refractivity contribution in [3.8, 4) is 0 Å². The summed E-state index contributed by atoms with van der Waals surface area (Å²) in [6, 6.07) is 18.6. The van der Waals surface area contributed by atoms with Gasteiger partial charge in [-0.05, 0) is 28.7 Å². The Kier molecular flexibility index (Phi) is 1.58. The molecule has 0 aliphatic carbocycles. The molecular formula is C15H13N. The Morgan fingerprint density at radius 3 is 2.38 bits per heavy atom. The number of hydrogen-bond donors (Lipinski definition) is 1. The molecule has 0 saturated heterocycles. The zero-order valence-electron chi connectivity index (χ0n) is 8.98. The Morgan fingerprint density at radius 1 is 0.812 bits per heavy atom. The molecule has 2 atom stereocenters. The summed E-state index contributed by atoms with van der Waals surface area (Å²) in [6.07, 6.45) is 1.13. The molecule has 16 heavy (non-hydrogen) atoms. The van der Waals surface area contributed by atoms with Crippen molar-refractivity contribution < 1.29 is 0 Å². The lowest BCUT2D eigenvalue weighted by molar-refractivity contribution is 0.502. The topological polar surface area (TPSA) is 12.0 Å². The van der Waals surface area contributed by atoms with Gasteiger partial charge in [0.05, 0.1) is 6.04 Å². The van der Waals surface area contributed by atoms with E-state index in [0.29, 0.717) is 12.1 Å². The highest BCUT2D eigenvalue weighted by Gasteiger charge is 2.36. The van der Waals surface area contributed by atoms with E-state index < -0.39 is 0 Å². The molecular weight excluding hydrogens is 194 g/mol. The quantitative estimate of drug-likeness (QED) is 0.700. The summed E-state index contributed by atoms with van der Waals surface area (Å²) in [5, 5.41) is 3.71. The van der Waals surface area contributed by atoms with Gasteiger partial charge in [-0.1, -0.05) is 48.5 Å². The van der Waals surface area contributed by atoms with Crippen LogP contribution in [0.2, 0.25) is 0 Å². The Hall–Kier alpha value is -1.60. The molecule has 1 heteroatoms. The van der Waals surface area contributed by atoms with E-state index in [2.05, 4.69) is 53.8 Å². The van der Waals surface area contributed by atoms with Crippen LogP contribution in [0.25, 0.3) is 0 Å². The Labute approximate surface area is 95.1 Å². The molecule has 78 valence electrons. The van der Waals surface area contributed by atoms with Crippen LogP contribution in [0.15, 0.2) is 48.5 Å². The number of nitrogens with one attached hydrogen (secondary N) is 1. The maximum Gasteiger partial charge on any atom is 0.0587 e. The van der Waals surface area contributed by atoms with E-state index in [1.165, 1.54) is 22.3 Å². The lowest BCUT2D eigenvalue weighted by Crippen LogP contribution is -2.26. The summed E-state index contributed by atoms with van der Waals surface area (Å²) in [4.78, 5) is 0. The molecule has 0 saturated carbocycles. The average Bonchev–Trinajstić information content (AvgIpc) is 2.65. The lowest BCUT2D eigenvalue weighted by atomic mass is 9.94. The fourth-order valence-electron chi connectivity index (χ4n) is 3.12. The van der Waals surface area contributed by atoms with Gasteiger partial charge in [0.15, 0.2) is 0 Å². The minimum absolute atomic E-state index is 0.422. The monoisotopic (exact) mass is 207 g/mol. The van der Waals surface area contributed by atoms with Crippen molar-refractivity contribution in [2.75, 3.05) is 0 Å². The minimum atomic E-state index is 0.422. The van der Waals surface area contributed by atoms with Crippen LogP contribution in [-0.2, 0) is 6.42 Å². The van der Waals surface area contributed by atoms with Crippen molar-refractivity contribution in [2.45, 2.75) is 18.5 Å². The second-order valence-electron chi connectivity index (χ2n) is 4.68. The molecule has 0 aromatic heterocycles. The van der Waals surface area contributed by atoms with Gasteiger partial charge in [0.1, 0.15) is 0 Å². The molecule has 1 N–H and O–H groups in total. The third kappa shape index (κ3) is 0.987. The fourth-order valence-corrected chi connectivity index (χ4v) is 3.12. The zero-order valence-corrected chi connectivity index (χ0v) is 8.98. The zero-order chi connectivity index (χ0) is 10.5. The predicted octanol–water partition coefficient (Wildman–Crippen LogP) is 2.98. The maximum atomic E-state index is 3.71. The SMILES string of the molecule is c1ccc2c(c1)C[C@H]1N[C@@H]2c2ccccc21. The number of hydrogen-bond acceptors (Lipinski definition) is 1. The summed E-state index contributed by atoms with van der Waals surface area (Å²) in [5.74, 6) is 0. The normalized spacial score (nSPS) is 25.0. The first-order valence-electron chi connectivity index (χ1n) is 5.86. The van der Waals surface area contributed by atoms with E-state index in [1.807, 2.05) is 0 Å². The number of rotatable bonds is 0. The van der Waals surface area contributed by atoms with Crippen LogP contribution in [0.4, 0.5) is 0 Å². The third-order valence-corrected chi connectivity index (χ3v) is 3.84. The van der Waals surface area contributed by atoms with Crippen LogP contribution in [0.5, 0.6) is 0 Å². The highest BCUT2D eigenvalue weighted by atomic mass is 15.0. The Morgan fingerprint density at radius 2 is 1.50 bits per heavy atom. The molecule has 1 nitrogen and oxygen atoms in total. The summed E-state index contributed by atoms with van der Waals surface area (Å²) in [6.45, 7) is 0. The number of fused-ring (bicyclic) bond motifs is 7.